The molecule has 2 aromatic rings. The van der Waals surface area contributed by atoms with Crippen LogP contribution >= 0.6 is 0 Å². The third-order valence-electron chi connectivity index (χ3n) is 5.83. The Bertz CT molecular complexity index is 989. The molecule has 186 valence electrons. The van der Waals surface area contributed by atoms with Gasteiger partial charge >= 0.3 is 18.4 Å². The lowest BCUT2D eigenvalue weighted by molar-refractivity contribution is -0.143. The molecule has 0 aliphatic carbocycles. The minimum atomic E-state index is -4.97. The van der Waals surface area contributed by atoms with Crippen LogP contribution in [-0.4, -0.2) is 30.1 Å². The molecule has 1 aliphatic rings. The Morgan fingerprint density at radius 2 is 1.59 bits per heavy atom. The van der Waals surface area contributed by atoms with Crippen LogP contribution in [0.2, 0.25) is 0 Å². The number of nitrogens with one attached hydrogen (secondary N) is 1. The highest BCUT2D eigenvalue weighted by Gasteiger charge is 2.45. The molecule has 2 aromatic carbocycles. The van der Waals surface area contributed by atoms with Crippen molar-refractivity contribution in [2.75, 3.05) is 13.2 Å². The number of amides is 2. The molecule has 0 saturated carbocycles. The fourth-order valence-corrected chi connectivity index (χ4v) is 3.80. The number of carbonyl (C=O) groups excluding carboxylic acids is 1. The first-order valence-corrected chi connectivity index (χ1v) is 10.5. The lowest BCUT2D eigenvalue weighted by atomic mass is 9.91. The molecule has 1 saturated heterocycles. The molecule has 0 bridgehead atoms. The number of rotatable bonds is 7. The zero-order valence-electron chi connectivity index (χ0n) is 18.4. The smallest absolute Gasteiger partial charge is 0.374 e. The van der Waals surface area contributed by atoms with Crippen molar-refractivity contribution in [3.05, 3.63) is 70.5 Å². The van der Waals surface area contributed by atoms with Gasteiger partial charge in [-0.15, -0.1) is 0 Å². The van der Waals surface area contributed by atoms with Gasteiger partial charge in [-0.3, -0.25) is 0 Å². The fraction of sp³-hybridized carbons (Fsp3) is 0.435. The summed E-state index contributed by atoms with van der Waals surface area (Å²) in [5, 5.41) is 2.81. The molecule has 34 heavy (non-hydrogen) atoms. The number of hydrogen-bond acceptors (Lipinski definition) is 2. The topological polar surface area (TPSA) is 41.6 Å². The molecule has 1 heterocycles. The Morgan fingerprint density at radius 1 is 1.03 bits per heavy atom. The third-order valence-corrected chi connectivity index (χ3v) is 5.83. The lowest BCUT2D eigenvalue weighted by Crippen LogP contribution is -2.45. The first kappa shape index (κ1) is 25.8. The van der Waals surface area contributed by atoms with E-state index in [1.807, 2.05) is 13.8 Å². The summed E-state index contributed by atoms with van der Waals surface area (Å²) in [7, 11) is 0. The van der Waals surface area contributed by atoms with Crippen molar-refractivity contribution in [1.29, 1.82) is 0 Å². The van der Waals surface area contributed by atoms with Gasteiger partial charge in [-0.1, -0.05) is 19.1 Å². The SMILES string of the molecule is CCC(C)N1CC(COCc2cc(C(F)(F)F)cc(C(F)(F)F)c2)(c2ccc(F)cc2)NC1=O. The van der Waals surface area contributed by atoms with Crippen LogP contribution in [-0.2, 0) is 29.2 Å². The number of carbonyl (C=O) groups is 1. The van der Waals surface area contributed by atoms with Gasteiger partial charge in [0.05, 0.1) is 30.9 Å². The first-order chi connectivity index (χ1) is 15.7. The predicted octanol–water partition coefficient (Wildman–Crippen LogP) is 6.10. The quantitative estimate of drug-likeness (QED) is 0.475. The second-order valence-electron chi connectivity index (χ2n) is 8.31. The highest BCUT2D eigenvalue weighted by atomic mass is 19.4. The summed E-state index contributed by atoms with van der Waals surface area (Å²) >= 11 is 0. The van der Waals surface area contributed by atoms with Gasteiger partial charge in [-0.2, -0.15) is 26.3 Å². The van der Waals surface area contributed by atoms with Gasteiger partial charge in [-0.05, 0) is 54.8 Å². The molecular weight excluding hydrogens is 469 g/mol. The molecule has 0 radical (unpaired) electrons. The molecular formula is C23H23F7N2O2. The van der Waals surface area contributed by atoms with Gasteiger partial charge < -0.3 is 15.0 Å². The average Bonchev–Trinajstić information content (AvgIpc) is 3.09. The van der Waals surface area contributed by atoms with E-state index in [0.29, 0.717) is 24.1 Å². The molecule has 1 fully saturated rings. The van der Waals surface area contributed by atoms with Crippen molar-refractivity contribution in [3.8, 4) is 0 Å². The van der Waals surface area contributed by atoms with Crippen molar-refractivity contribution in [3.63, 3.8) is 0 Å². The summed E-state index contributed by atoms with van der Waals surface area (Å²) in [5.74, 6) is -0.508. The minimum absolute atomic E-state index is 0.0463. The van der Waals surface area contributed by atoms with Crippen molar-refractivity contribution in [1.82, 2.24) is 10.2 Å². The molecule has 0 spiro atoms. The van der Waals surface area contributed by atoms with E-state index >= 15 is 0 Å². The van der Waals surface area contributed by atoms with Gasteiger partial charge in [0, 0.05) is 6.04 Å². The Kier molecular flexibility index (Phi) is 7.16. The Labute approximate surface area is 191 Å². The van der Waals surface area contributed by atoms with E-state index in [4.69, 9.17) is 4.74 Å². The summed E-state index contributed by atoms with van der Waals surface area (Å²) in [4.78, 5) is 14.2. The second kappa shape index (κ2) is 9.44. The average molecular weight is 492 g/mol. The third kappa shape index (κ3) is 5.63. The monoisotopic (exact) mass is 492 g/mol. The van der Waals surface area contributed by atoms with E-state index < -0.39 is 47.5 Å². The van der Waals surface area contributed by atoms with Gasteiger partial charge in [0.1, 0.15) is 11.4 Å². The Balaban J connectivity index is 1.87. The molecule has 2 unspecified atom stereocenters. The van der Waals surface area contributed by atoms with Crippen LogP contribution in [0.4, 0.5) is 35.5 Å². The van der Waals surface area contributed by atoms with Crippen molar-refractivity contribution in [2.45, 2.75) is 50.8 Å². The molecule has 1 aliphatic heterocycles. The summed E-state index contributed by atoms with van der Waals surface area (Å²) in [6.45, 7) is 3.04. The maximum absolute atomic E-state index is 13.5. The van der Waals surface area contributed by atoms with Crippen LogP contribution in [0, 0.1) is 5.82 Å². The zero-order chi connectivity index (χ0) is 25.3. The summed E-state index contributed by atoms with van der Waals surface area (Å²) in [6.07, 6.45) is -9.29. The first-order valence-electron chi connectivity index (χ1n) is 10.5. The van der Waals surface area contributed by atoms with Crippen molar-refractivity contribution in [2.24, 2.45) is 0 Å². The standard InChI is InChI=1S/C23H23F7N2O2/c1-3-14(2)32-12-21(31-20(32)33,16-4-6-19(24)7-5-16)13-34-11-15-8-17(22(25,26)27)10-18(9-15)23(28,29)30/h4-10,14H,3,11-13H2,1-2H3,(H,31,33). The summed E-state index contributed by atoms with van der Waals surface area (Å²) < 4.78 is 97.8. The number of halogens is 7. The van der Waals surface area contributed by atoms with E-state index in [-0.39, 0.29) is 30.8 Å². The number of hydrogen-bond donors (Lipinski definition) is 1. The molecule has 4 nitrogen and oxygen atoms in total. The van der Waals surface area contributed by atoms with Gasteiger partial charge in [0.25, 0.3) is 0 Å². The summed E-state index contributed by atoms with van der Waals surface area (Å²) in [5.41, 5.74) is -3.87. The fourth-order valence-electron chi connectivity index (χ4n) is 3.80. The molecule has 2 amide bonds. The molecule has 1 N–H and O–H groups in total. The largest absolute Gasteiger partial charge is 0.416 e. The molecule has 2 atom stereocenters. The van der Waals surface area contributed by atoms with Crippen LogP contribution in [0.1, 0.15) is 42.5 Å². The molecule has 11 heteroatoms. The van der Waals surface area contributed by atoms with Crippen LogP contribution in [0.15, 0.2) is 42.5 Å². The van der Waals surface area contributed by atoms with Crippen LogP contribution in [0.5, 0.6) is 0 Å². The number of benzene rings is 2. The van der Waals surface area contributed by atoms with Gasteiger partial charge in [0.15, 0.2) is 0 Å². The number of alkyl halides is 6. The van der Waals surface area contributed by atoms with Crippen LogP contribution in [0.3, 0.4) is 0 Å². The van der Waals surface area contributed by atoms with E-state index in [9.17, 15) is 35.5 Å². The molecule has 3 rings (SSSR count). The van der Waals surface area contributed by atoms with Gasteiger partial charge in [-0.25, -0.2) is 9.18 Å². The van der Waals surface area contributed by atoms with Crippen molar-refractivity contribution >= 4 is 6.03 Å². The van der Waals surface area contributed by atoms with E-state index in [0.717, 1.165) is 0 Å². The number of nitrogens with zero attached hydrogens (tertiary/aromatic N) is 1. The highest BCUT2D eigenvalue weighted by molar-refractivity contribution is 5.78. The zero-order valence-corrected chi connectivity index (χ0v) is 18.4. The lowest BCUT2D eigenvalue weighted by Gasteiger charge is -2.30. The predicted molar refractivity (Wildman–Crippen MR) is 109 cm³/mol. The second-order valence-corrected chi connectivity index (χ2v) is 8.31. The van der Waals surface area contributed by atoms with Crippen LogP contribution < -0.4 is 5.32 Å². The normalized spacial score (nSPS) is 19.9. The Hall–Kier alpha value is -2.82. The van der Waals surface area contributed by atoms with Crippen molar-refractivity contribution < 1.29 is 40.3 Å². The Morgan fingerprint density at radius 3 is 2.09 bits per heavy atom. The van der Waals surface area contributed by atoms with Crippen LogP contribution in [0.25, 0.3) is 0 Å². The number of urea groups is 1. The minimum Gasteiger partial charge on any atom is -0.374 e. The maximum Gasteiger partial charge on any atom is 0.416 e. The highest BCUT2D eigenvalue weighted by Crippen LogP contribution is 2.37. The van der Waals surface area contributed by atoms with Gasteiger partial charge in [0.2, 0.25) is 0 Å². The summed E-state index contributed by atoms with van der Waals surface area (Å²) in [6, 6.07) is 5.98. The maximum atomic E-state index is 13.5. The van der Waals surface area contributed by atoms with E-state index in [1.54, 1.807) is 4.90 Å². The van der Waals surface area contributed by atoms with E-state index in [1.165, 1.54) is 24.3 Å². The molecule has 0 aromatic heterocycles. The van der Waals surface area contributed by atoms with E-state index in [2.05, 4.69) is 5.32 Å². The number of ether oxygens (including phenoxy) is 1.